The summed E-state index contributed by atoms with van der Waals surface area (Å²) in [5.74, 6) is -0.518. The van der Waals surface area contributed by atoms with Crippen molar-refractivity contribution in [2.45, 2.75) is 26.2 Å². The molecule has 0 aliphatic carbocycles. The smallest absolute Gasteiger partial charge is 0.254 e. The molecule has 3 nitrogen and oxygen atoms in total. The van der Waals surface area contributed by atoms with Gasteiger partial charge in [0.2, 0.25) is 0 Å². The van der Waals surface area contributed by atoms with Crippen molar-refractivity contribution in [2.24, 2.45) is 5.92 Å². The normalized spacial score (nSPS) is 12.2. The maximum Gasteiger partial charge on any atom is 0.254 e. The number of alkyl halides is 1. The first-order chi connectivity index (χ1) is 9.08. The fraction of sp³-hybridized carbons (Fsp3) is 0.500. The van der Waals surface area contributed by atoms with Crippen LogP contribution in [0.2, 0.25) is 0 Å². The Kier molecular flexibility index (Phi) is 6.64. The number of amides is 1. The third-order valence-corrected chi connectivity index (χ3v) is 3.18. The first-order valence-corrected chi connectivity index (χ1v) is 6.94. The fourth-order valence-electron chi connectivity index (χ4n) is 1.93. The van der Waals surface area contributed by atoms with E-state index in [1.54, 1.807) is 0 Å². The van der Waals surface area contributed by atoms with Gasteiger partial charge in [-0.25, -0.2) is 4.39 Å². The van der Waals surface area contributed by atoms with E-state index in [0.29, 0.717) is 18.3 Å². The molecule has 1 rings (SSSR count). The molecule has 0 saturated carbocycles. The highest BCUT2D eigenvalue weighted by Crippen LogP contribution is 2.16. The maximum atomic E-state index is 13.5. The number of rotatable bonds is 7. The van der Waals surface area contributed by atoms with Gasteiger partial charge in [-0.2, -0.15) is 0 Å². The van der Waals surface area contributed by atoms with E-state index >= 15 is 0 Å². The Morgan fingerprint density at radius 3 is 2.79 bits per heavy atom. The Bertz CT molecular complexity index is 420. The fourth-order valence-corrected chi connectivity index (χ4v) is 2.24. The molecule has 1 atom stereocenters. The second-order valence-electron chi connectivity index (χ2n) is 4.51. The first kappa shape index (κ1) is 15.8. The molecular formula is C14H19ClFNO2. The van der Waals surface area contributed by atoms with Gasteiger partial charge in [-0.1, -0.05) is 13.3 Å². The van der Waals surface area contributed by atoms with Crippen LogP contribution in [-0.4, -0.2) is 23.4 Å². The number of carbonyl (C=O) groups excluding carboxylic acids is 1. The standard InChI is InChI=1S/C14H19ClFNO2/c1-2-3-10(6-7-15)9-17-14(19)12-5-4-11(18)8-13(12)16/h4-5,8,10,18H,2-3,6-7,9H2,1H3,(H,17,19). The first-order valence-electron chi connectivity index (χ1n) is 6.41. The van der Waals surface area contributed by atoms with Crippen LogP contribution >= 0.6 is 11.6 Å². The van der Waals surface area contributed by atoms with Crippen molar-refractivity contribution in [1.29, 1.82) is 0 Å². The third kappa shape index (κ3) is 5.07. The van der Waals surface area contributed by atoms with Crippen LogP contribution in [-0.2, 0) is 0 Å². The van der Waals surface area contributed by atoms with Gasteiger partial charge >= 0.3 is 0 Å². The Labute approximate surface area is 117 Å². The van der Waals surface area contributed by atoms with E-state index in [-0.39, 0.29) is 11.3 Å². The largest absolute Gasteiger partial charge is 0.508 e. The minimum atomic E-state index is -0.720. The second-order valence-corrected chi connectivity index (χ2v) is 4.88. The van der Waals surface area contributed by atoms with Gasteiger partial charge in [0.1, 0.15) is 11.6 Å². The van der Waals surface area contributed by atoms with Gasteiger partial charge in [-0.15, -0.1) is 11.6 Å². The minimum Gasteiger partial charge on any atom is -0.508 e. The topological polar surface area (TPSA) is 49.3 Å². The number of phenols is 1. The molecule has 0 aromatic heterocycles. The van der Waals surface area contributed by atoms with Crippen LogP contribution in [0, 0.1) is 11.7 Å². The molecule has 0 spiro atoms. The van der Waals surface area contributed by atoms with Gasteiger partial charge in [0.25, 0.3) is 5.91 Å². The molecule has 0 aliphatic rings. The Balaban J connectivity index is 2.58. The van der Waals surface area contributed by atoms with Crippen LogP contribution in [0.15, 0.2) is 18.2 Å². The second kappa shape index (κ2) is 8.00. The molecule has 1 amide bonds. The van der Waals surface area contributed by atoms with E-state index < -0.39 is 11.7 Å². The third-order valence-electron chi connectivity index (χ3n) is 2.96. The van der Waals surface area contributed by atoms with Gasteiger partial charge in [-0.3, -0.25) is 4.79 Å². The van der Waals surface area contributed by atoms with Crippen LogP contribution in [0.3, 0.4) is 0 Å². The van der Waals surface area contributed by atoms with E-state index in [4.69, 9.17) is 16.7 Å². The molecule has 2 N–H and O–H groups in total. The number of hydrogen-bond acceptors (Lipinski definition) is 2. The van der Waals surface area contributed by atoms with Crippen LogP contribution < -0.4 is 5.32 Å². The molecule has 1 aromatic rings. The van der Waals surface area contributed by atoms with Crippen LogP contribution in [0.5, 0.6) is 5.75 Å². The summed E-state index contributed by atoms with van der Waals surface area (Å²) in [4.78, 5) is 11.8. The average molecular weight is 288 g/mol. The average Bonchev–Trinajstić information content (AvgIpc) is 2.36. The summed E-state index contributed by atoms with van der Waals surface area (Å²) in [6.07, 6.45) is 2.82. The van der Waals surface area contributed by atoms with E-state index in [2.05, 4.69) is 12.2 Å². The molecular weight excluding hydrogens is 269 g/mol. The summed E-state index contributed by atoms with van der Waals surface area (Å²) in [7, 11) is 0. The molecule has 106 valence electrons. The molecule has 19 heavy (non-hydrogen) atoms. The maximum absolute atomic E-state index is 13.5. The van der Waals surface area contributed by atoms with Crippen molar-refractivity contribution in [2.75, 3.05) is 12.4 Å². The molecule has 0 radical (unpaired) electrons. The zero-order valence-corrected chi connectivity index (χ0v) is 11.7. The molecule has 1 unspecified atom stereocenters. The van der Waals surface area contributed by atoms with Gasteiger partial charge in [-0.05, 0) is 30.9 Å². The highest BCUT2D eigenvalue weighted by Gasteiger charge is 2.14. The van der Waals surface area contributed by atoms with Crippen molar-refractivity contribution in [3.8, 4) is 5.75 Å². The van der Waals surface area contributed by atoms with Gasteiger partial charge in [0.05, 0.1) is 5.56 Å². The van der Waals surface area contributed by atoms with E-state index in [1.165, 1.54) is 12.1 Å². The Morgan fingerprint density at radius 2 is 2.21 bits per heavy atom. The quantitative estimate of drug-likeness (QED) is 0.756. The zero-order valence-electron chi connectivity index (χ0n) is 11.0. The molecule has 0 heterocycles. The monoisotopic (exact) mass is 287 g/mol. The summed E-state index contributed by atoms with van der Waals surface area (Å²) < 4.78 is 13.5. The van der Waals surface area contributed by atoms with Crippen molar-refractivity contribution < 1.29 is 14.3 Å². The van der Waals surface area contributed by atoms with E-state index in [0.717, 1.165) is 25.3 Å². The highest BCUT2D eigenvalue weighted by atomic mass is 35.5. The molecule has 0 fully saturated rings. The zero-order chi connectivity index (χ0) is 14.3. The van der Waals surface area contributed by atoms with Crippen LogP contribution in [0.1, 0.15) is 36.5 Å². The predicted octanol–water partition coefficient (Wildman–Crippen LogP) is 3.31. The minimum absolute atomic E-state index is 0.0566. The lowest BCUT2D eigenvalue weighted by molar-refractivity contribution is 0.0942. The van der Waals surface area contributed by atoms with E-state index in [1.807, 2.05) is 0 Å². The van der Waals surface area contributed by atoms with Crippen molar-refractivity contribution in [3.05, 3.63) is 29.6 Å². The van der Waals surface area contributed by atoms with E-state index in [9.17, 15) is 9.18 Å². The molecule has 1 aromatic carbocycles. The van der Waals surface area contributed by atoms with Gasteiger partial charge in [0.15, 0.2) is 0 Å². The lowest BCUT2D eigenvalue weighted by Crippen LogP contribution is -2.30. The number of halogens is 2. The van der Waals surface area contributed by atoms with Crippen molar-refractivity contribution in [3.63, 3.8) is 0 Å². The van der Waals surface area contributed by atoms with Gasteiger partial charge < -0.3 is 10.4 Å². The molecule has 5 heteroatoms. The predicted molar refractivity (Wildman–Crippen MR) is 74.1 cm³/mol. The summed E-state index contributed by atoms with van der Waals surface area (Å²) >= 11 is 5.71. The summed E-state index contributed by atoms with van der Waals surface area (Å²) in [5, 5.41) is 11.8. The lowest BCUT2D eigenvalue weighted by atomic mass is 10.0. The number of carbonyl (C=O) groups is 1. The summed E-state index contributed by atoms with van der Waals surface area (Å²) in [6.45, 7) is 2.56. The highest BCUT2D eigenvalue weighted by molar-refractivity contribution is 6.17. The van der Waals surface area contributed by atoms with Crippen molar-refractivity contribution >= 4 is 17.5 Å². The molecule has 0 aliphatic heterocycles. The van der Waals surface area contributed by atoms with Gasteiger partial charge in [0, 0.05) is 18.5 Å². The SMILES string of the molecule is CCCC(CCCl)CNC(=O)c1ccc(O)cc1F. The summed E-state index contributed by atoms with van der Waals surface area (Å²) in [5.41, 5.74) is -0.0566. The lowest BCUT2D eigenvalue weighted by Gasteiger charge is -2.15. The van der Waals surface area contributed by atoms with Crippen LogP contribution in [0.4, 0.5) is 4.39 Å². The number of aromatic hydroxyl groups is 1. The Morgan fingerprint density at radius 1 is 1.47 bits per heavy atom. The number of benzene rings is 1. The number of phenolic OH excluding ortho intramolecular Hbond substituents is 1. The number of hydrogen-bond donors (Lipinski definition) is 2. The Hall–Kier alpha value is -1.29. The number of nitrogens with one attached hydrogen (secondary N) is 1. The van der Waals surface area contributed by atoms with Crippen LogP contribution in [0.25, 0.3) is 0 Å². The summed E-state index contributed by atoms with van der Waals surface area (Å²) in [6, 6.07) is 3.49. The van der Waals surface area contributed by atoms with Crippen molar-refractivity contribution in [1.82, 2.24) is 5.32 Å². The molecule has 0 bridgehead atoms. The molecule has 0 saturated heterocycles.